The minimum Gasteiger partial charge on any atom is -0.312 e. The lowest BCUT2D eigenvalue weighted by molar-refractivity contribution is 0.652. The van der Waals surface area contributed by atoms with Gasteiger partial charge in [0.1, 0.15) is 0 Å². The zero-order valence-electron chi connectivity index (χ0n) is 7.52. The molecule has 1 aromatic heterocycles. The van der Waals surface area contributed by atoms with Gasteiger partial charge in [-0.3, -0.25) is 0 Å². The van der Waals surface area contributed by atoms with Crippen molar-refractivity contribution in [3.63, 3.8) is 0 Å². The molecule has 1 N–H and O–H groups in total. The zero-order chi connectivity index (χ0) is 8.39. The van der Waals surface area contributed by atoms with Gasteiger partial charge in [-0.05, 0) is 24.5 Å². The van der Waals surface area contributed by atoms with E-state index in [1.807, 2.05) is 11.3 Å². The van der Waals surface area contributed by atoms with Crippen molar-refractivity contribution in [2.45, 2.75) is 32.7 Å². The Hall–Kier alpha value is -0.340. The van der Waals surface area contributed by atoms with Crippen molar-refractivity contribution in [3.05, 3.63) is 21.4 Å². The highest BCUT2D eigenvalue weighted by atomic mass is 32.1. The summed E-state index contributed by atoms with van der Waals surface area (Å²) in [6, 6.07) is 2.38. The Balaban J connectivity index is 2.20. The Labute approximate surface area is 77.8 Å². The van der Waals surface area contributed by atoms with E-state index in [9.17, 15) is 0 Å². The SMILES string of the molecule is CCCc1cc2c(s1)CCNC2. The molecule has 0 aliphatic carbocycles. The van der Waals surface area contributed by atoms with Crippen LogP contribution in [0.2, 0.25) is 0 Å². The van der Waals surface area contributed by atoms with Crippen LogP contribution in [0.15, 0.2) is 6.07 Å². The van der Waals surface area contributed by atoms with E-state index in [0.717, 1.165) is 6.54 Å². The Morgan fingerprint density at radius 3 is 3.25 bits per heavy atom. The third kappa shape index (κ3) is 1.54. The Kier molecular flexibility index (Phi) is 2.47. The average Bonchev–Trinajstić information content (AvgIpc) is 2.47. The van der Waals surface area contributed by atoms with Crippen molar-refractivity contribution in [1.29, 1.82) is 0 Å². The summed E-state index contributed by atoms with van der Waals surface area (Å²) in [5.74, 6) is 0. The molecule has 0 radical (unpaired) electrons. The molecule has 1 aliphatic heterocycles. The van der Waals surface area contributed by atoms with Gasteiger partial charge >= 0.3 is 0 Å². The fraction of sp³-hybridized carbons (Fsp3) is 0.600. The summed E-state index contributed by atoms with van der Waals surface area (Å²) < 4.78 is 0. The lowest BCUT2D eigenvalue weighted by Crippen LogP contribution is -2.21. The van der Waals surface area contributed by atoms with Gasteiger partial charge in [-0.1, -0.05) is 13.3 Å². The summed E-state index contributed by atoms with van der Waals surface area (Å²) in [6.07, 6.45) is 3.77. The van der Waals surface area contributed by atoms with Crippen LogP contribution in [0.1, 0.15) is 28.7 Å². The summed E-state index contributed by atoms with van der Waals surface area (Å²) in [7, 11) is 0. The maximum absolute atomic E-state index is 3.40. The quantitative estimate of drug-likeness (QED) is 0.738. The molecule has 0 atom stereocenters. The number of thiophene rings is 1. The lowest BCUT2D eigenvalue weighted by atomic mass is 10.1. The van der Waals surface area contributed by atoms with E-state index in [0.29, 0.717) is 0 Å². The van der Waals surface area contributed by atoms with Crippen molar-refractivity contribution >= 4 is 11.3 Å². The number of hydrogen-bond acceptors (Lipinski definition) is 2. The van der Waals surface area contributed by atoms with Gasteiger partial charge < -0.3 is 5.32 Å². The van der Waals surface area contributed by atoms with Crippen molar-refractivity contribution in [3.8, 4) is 0 Å². The summed E-state index contributed by atoms with van der Waals surface area (Å²) in [5, 5.41) is 3.40. The van der Waals surface area contributed by atoms with E-state index >= 15 is 0 Å². The second kappa shape index (κ2) is 3.58. The Bertz CT molecular complexity index is 241. The fourth-order valence-corrected chi connectivity index (χ4v) is 2.97. The van der Waals surface area contributed by atoms with E-state index in [-0.39, 0.29) is 0 Å². The standard InChI is InChI=1S/C10H15NS/c1-2-3-9-6-8-7-11-5-4-10(8)12-9/h6,11H,2-5,7H2,1H3. The van der Waals surface area contributed by atoms with E-state index in [1.165, 1.54) is 25.8 Å². The van der Waals surface area contributed by atoms with Gasteiger partial charge in [0, 0.05) is 22.8 Å². The number of aryl methyl sites for hydroxylation is 1. The minimum absolute atomic E-state index is 1.09. The van der Waals surface area contributed by atoms with E-state index in [1.54, 1.807) is 15.3 Å². The van der Waals surface area contributed by atoms with Crippen LogP contribution in [0, 0.1) is 0 Å². The highest BCUT2D eigenvalue weighted by Gasteiger charge is 2.11. The number of nitrogens with one attached hydrogen (secondary N) is 1. The molecule has 2 heterocycles. The van der Waals surface area contributed by atoms with Crippen LogP contribution in [-0.2, 0) is 19.4 Å². The normalized spacial score (nSPS) is 16.1. The van der Waals surface area contributed by atoms with Gasteiger partial charge in [0.05, 0.1) is 0 Å². The fourth-order valence-electron chi connectivity index (χ4n) is 1.68. The Morgan fingerprint density at radius 2 is 2.50 bits per heavy atom. The number of fused-ring (bicyclic) bond motifs is 1. The molecule has 0 unspecified atom stereocenters. The molecule has 2 rings (SSSR count). The van der Waals surface area contributed by atoms with Gasteiger partial charge in [0.2, 0.25) is 0 Å². The molecule has 0 amide bonds. The average molecular weight is 181 g/mol. The molecule has 2 heteroatoms. The van der Waals surface area contributed by atoms with E-state index < -0.39 is 0 Å². The predicted molar refractivity (Wildman–Crippen MR) is 53.7 cm³/mol. The highest BCUT2D eigenvalue weighted by Crippen LogP contribution is 2.25. The smallest absolute Gasteiger partial charge is 0.0216 e. The summed E-state index contributed by atoms with van der Waals surface area (Å²) in [4.78, 5) is 3.20. The second-order valence-electron chi connectivity index (χ2n) is 3.34. The molecular weight excluding hydrogens is 166 g/mol. The lowest BCUT2D eigenvalue weighted by Gasteiger charge is -2.10. The first kappa shape index (κ1) is 8.27. The highest BCUT2D eigenvalue weighted by molar-refractivity contribution is 7.12. The van der Waals surface area contributed by atoms with Gasteiger partial charge in [-0.15, -0.1) is 11.3 Å². The molecule has 0 saturated carbocycles. The van der Waals surface area contributed by atoms with Crippen molar-refractivity contribution in [1.82, 2.24) is 5.32 Å². The van der Waals surface area contributed by atoms with Gasteiger partial charge in [-0.2, -0.15) is 0 Å². The zero-order valence-corrected chi connectivity index (χ0v) is 8.34. The molecule has 1 aliphatic rings. The van der Waals surface area contributed by atoms with Crippen molar-refractivity contribution in [2.24, 2.45) is 0 Å². The molecule has 12 heavy (non-hydrogen) atoms. The molecule has 0 bridgehead atoms. The number of rotatable bonds is 2. The van der Waals surface area contributed by atoms with E-state index in [4.69, 9.17) is 0 Å². The Morgan fingerprint density at radius 1 is 1.58 bits per heavy atom. The van der Waals surface area contributed by atoms with Crippen LogP contribution in [0.3, 0.4) is 0 Å². The first-order chi connectivity index (χ1) is 5.90. The van der Waals surface area contributed by atoms with Crippen LogP contribution in [0.5, 0.6) is 0 Å². The van der Waals surface area contributed by atoms with Crippen LogP contribution in [0.4, 0.5) is 0 Å². The number of hydrogen-bond donors (Lipinski definition) is 1. The largest absolute Gasteiger partial charge is 0.312 e. The molecular formula is C10H15NS. The monoisotopic (exact) mass is 181 g/mol. The first-order valence-corrected chi connectivity index (χ1v) is 5.53. The minimum atomic E-state index is 1.09. The van der Waals surface area contributed by atoms with Crippen LogP contribution in [0.25, 0.3) is 0 Å². The third-order valence-corrected chi connectivity index (χ3v) is 3.59. The first-order valence-electron chi connectivity index (χ1n) is 4.71. The second-order valence-corrected chi connectivity index (χ2v) is 4.56. The maximum Gasteiger partial charge on any atom is 0.0216 e. The summed E-state index contributed by atoms with van der Waals surface area (Å²) in [6.45, 7) is 4.51. The third-order valence-electron chi connectivity index (χ3n) is 2.29. The summed E-state index contributed by atoms with van der Waals surface area (Å²) >= 11 is 2.02. The van der Waals surface area contributed by atoms with Gasteiger partial charge in [0.15, 0.2) is 0 Å². The van der Waals surface area contributed by atoms with E-state index in [2.05, 4.69) is 18.3 Å². The molecule has 66 valence electrons. The molecule has 0 spiro atoms. The molecule has 1 aromatic rings. The van der Waals surface area contributed by atoms with Gasteiger partial charge in [0.25, 0.3) is 0 Å². The molecule has 1 nitrogen and oxygen atoms in total. The molecule has 0 aromatic carbocycles. The van der Waals surface area contributed by atoms with Crippen LogP contribution in [-0.4, -0.2) is 6.54 Å². The maximum atomic E-state index is 3.40. The molecule has 0 saturated heterocycles. The summed E-state index contributed by atoms with van der Waals surface area (Å²) in [5.41, 5.74) is 1.55. The van der Waals surface area contributed by atoms with Gasteiger partial charge in [-0.25, -0.2) is 0 Å². The molecule has 0 fully saturated rings. The van der Waals surface area contributed by atoms with Crippen molar-refractivity contribution < 1.29 is 0 Å². The van der Waals surface area contributed by atoms with Crippen LogP contribution < -0.4 is 5.32 Å². The predicted octanol–water partition coefficient (Wildman–Crippen LogP) is 2.35. The van der Waals surface area contributed by atoms with Crippen LogP contribution >= 0.6 is 11.3 Å². The topological polar surface area (TPSA) is 12.0 Å². The van der Waals surface area contributed by atoms with Crippen molar-refractivity contribution in [2.75, 3.05) is 6.54 Å².